The smallest absolute Gasteiger partial charge is 0.339 e. The fraction of sp³-hybridized carbons (Fsp3) is 0.571. The number of sulfone groups is 1. The molecule has 1 aromatic heterocycles. The van der Waals surface area contributed by atoms with Crippen LogP contribution in [0.3, 0.4) is 0 Å². The number of pyridine rings is 1. The number of carboxylic acid groups (broad SMARTS) is 1. The molecule has 6 nitrogen and oxygen atoms in total. The van der Waals surface area contributed by atoms with Crippen molar-refractivity contribution < 1.29 is 18.3 Å². The molecule has 7 heteroatoms. The Labute approximate surface area is 123 Å². The summed E-state index contributed by atoms with van der Waals surface area (Å²) in [6.45, 7) is 0. The quantitative estimate of drug-likeness (QED) is 0.872. The van der Waals surface area contributed by atoms with E-state index < -0.39 is 15.8 Å². The molecule has 0 spiro atoms. The van der Waals surface area contributed by atoms with E-state index in [1.165, 1.54) is 0 Å². The Morgan fingerprint density at radius 3 is 2.76 bits per heavy atom. The number of nitrogens with one attached hydrogen (secondary N) is 1. The van der Waals surface area contributed by atoms with E-state index in [-0.39, 0.29) is 23.1 Å². The monoisotopic (exact) mass is 310 g/mol. The maximum Gasteiger partial charge on any atom is 0.339 e. The first-order valence-corrected chi connectivity index (χ1v) is 9.00. The molecule has 0 amide bonds. The molecule has 21 heavy (non-hydrogen) atoms. The molecule has 0 bridgehead atoms. The largest absolute Gasteiger partial charge is 0.478 e. The van der Waals surface area contributed by atoms with E-state index in [2.05, 4.69) is 10.3 Å². The number of fused-ring (bicyclic) bond motifs is 1. The highest BCUT2D eigenvalue weighted by molar-refractivity contribution is 7.91. The molecule has 1 saturated heterocycles. The van der Waals surface area contributed by atoms with Crippen molar-refractivity contribution in [2.75, 3.05) is 16.8 Å². The maximum absolute atomic E-state index is 11.5. The number of rotatable bonds is 3. The molecule has 1 unspecified atom stereocenters. The highest BCUT2D eigenvalue weighted by Gasteiger charge is 2.29. The maximum atomic E-state index is 11.5. The molecule has 1 aliphatic carbocycles. The summed E-state index contributed by atoms with van der Waals surface area (Å²) >= 11 is 0. The highest BCUT2D eigenvalue weighted by Crippen LogP contribution is 2.26. The van der Waals surface area contributed by atoms with Gasteiger partial charge in [-0.2, -0.15) is 0 Å². The van der Waals surface area contributed by atoms with E-state index in [1.54, 1.807) is 6.07 Å². The molecule has 1 atom stereocenters. The van der Waals surface area contributed by atoms with Gasteiger partial charge in [-0.05, 0) is 43.7 Å². The summed E-state index contributed by atoms with van der Waals surface area (Å²) in [5, 5.41) is 12.4. The first kappa shape index (κ1) is 14.3. The van der Waals surface area contributed by atoms with E-state index in [4.69, 9.17) is 0 Å². The van der Waals surface area contributed by atoms with Crippen LogP contribution >= 0.6 is 0 Å². The van der Waals surface area contributed by atoms with Gasteiger partial charge in [-0.15, -0.1) is 0 Å². The van der Waals surface area contributed by atoms with Crippen LogP contribution in [0.1, 0.15) is 40.9 Å². The number of hydrogen-bond donors (Lipinski definition) is 2. The lowest BCUT2D eigenvalue weighted by Gasteiger charge is -2.20. The molecule has 2 aliphatic rings. The van der Waals surface area contributed by atoms with Gasteiger partial charge in [0.25, 0.3) is 0 Å². The van der Waals surface area contributed by atoms with Gasteiger partial charge < -0.3 is 10.4 Å². The van der Waals surface area contributed by atoms with Crippen LogP contribution in [0.2, 0.25) is 0 Å². The molecule has 0 radical (unpaired) electrons. The molecule has 0 aromatic carbocycles. The molecule has 2 heterocycles. The minimum Gasteiger partial charge on any atom is -0.478 e. The first-order chi connectivity index (χ1) is 9.94. The van der Waals surface area contributed by atoms with Crippen LogP contribution in [-0.2, 0) is 22.7 Å². The Morgan fingerprint density at radius 2 is 2.10 bits per heavy atom. The van der Waals surface area contributed by atoms with Gasteiger partial charge in [0.1, 0.15) is 11.4 Å². The Balaban J connectivity index is 1.91. The SMILES string of the molecule is O=C(O)c1cc2c(nc1NC1CCS(=O)(=O)C1)CCCC2. The van der Waals surface area contributed by atoms with E-state index in [0.29, 0.717) is 12.2 Å². The normalized spacial score (nSPS) is 23.5. The number of aryl methyl sites for hydroxylation is 2. The zero-order valence-electron chi connectivity index (χ0n) is 11.6. The van der Waals surface area contributed by atoms with Crippen LogP contribution < -0.4 is 5.32 Å². The molecular formula is C14H18N2O4S. The molecule has 3 rings (SSSR count). The predicted molar refractivity (Wildman–Crippen MR) is 78.5 cm³/mol. The average Bonchev–Trinajstić information content (AvgIpc) is 2.77. The molecule has 114 valence electrons. The van der Waals surface area contributed by atoms with Crippen molar-refractivity contribution in [1.29, 1.82) is 0 Å². The summed E-state index contributed by atoms with van der Waals surface area (Å²) < 4.78 is 23.0. The van der Waals surface area contributed by atoms with Gasteiger partial charge in [0.15, 0.2) is 9.84 Å². The van der Waals surface area contributed by atoms with Gasteiger partial charge in [0.2, 0.25) is 0 Å². The molecule has 1 aromatic rings. The molecule has 2 N–H and O–H groups in total. The minimum atomic E-state index is -3.00. The van der Waals surface area contributed by atoms with Crippen LogP contribution in [0, 0.1) is 0 Å². The number of carboxylic acids is 1. The topological polar surface area (TPSA) is 96.4 Å². The number of aromatic carboxylic acids is 1. The Bertz CT molecular complexity index is 684. The van der Waals surface area contributed by atoms with Gasteiger partial charge in [0.05, 0.1) is 11.5 Å². The number of nitrogens with zero attached hydrogens (tertiary/aromatic N) is 1. The van der Waals surface area contributed by atoms with Crippen molar-refractivity contribution >= 4 is 21.6 Å². The van der Waals surface area contributed by atoms with E-state index in [1.807, 2.05) is 0 Å². The standard InChI is InChI=1S/C14H18N2O4S/c17-14(18)11-7-9-3-1-2-4-12(9)16-13(11)15-10-5-6-21(19,20)8-10/h7,10H,1-6,8H2,(H,15,16)(H,17,18). The van der Waals surface area contributed by atoms with E-state index in [0.717, 1.165) is 36.9 Å². The minimum absolute atomic E-state index is 0.0465. The summed E-state index contributed by atoms with van der Waals surface area (Å²) in [6.07, 6.45) is 4.33. The van der Waals surface area contributed by atoms with Gasteiger partial charge in [-0.25, -0.2) is 18.2 Å². The zero-order chi connectivity index (χ0) is 15.0. The fourth-order valence-corrected chi connectivity index (χ4v) is 4.68. The summed E-state index contributed by atoms with van der Waals surface area (Å²) in [5.41, 5.74) is 2.08. The van der Waals surface area contributed by atoms with E-state index >= 15 is 0 Å². The second-order valence-corrected chi connectivity index (χ2v) is 7.98. The van der Waals surface area contributed by atoms with Crippen LogP contribution in [-0.4, -0.2) is 42.0 Å². The first-order valence-electron chi connectivity index (χ1n) is 7.18. The zero-order valence-corrected chi connectivity index (χ0v) is 12.4. The molecule has 0 saturated carbocycles. The van der Waals surface area contributed by atoms with Crippen LogP contribution in [0.4, 0.5) is 5.82 Å². The van der Waals surface area contributed by atoms with E-state index in [9.17, 15) is 18.3 Å². The lowest BCUT2D eigenvalue weighted by molar-refractivity contribution is 0.0697. The van der Waals surface area contributed by atoms with Crippen molar-refractivity contribution in [3.8, 4) is 0 Å². The summed E-state index contributed by atoms with van der Waals surface area (Å²) in [7, 11) is -3.00. The Morgan fingerprint density at radius 1 is 1.33 bits per heavy atom. The van der Waals surface area contributed by atoms with Crippen molar-refractivity contribution in [3.63, 3.8) is 0 Å². The van der Waals surface area contributed by atoms with Crippen molar-refractivity contribution in [1.82, 2.24) is 4.98 Å². The summed E-state index contributed by atoms with van der Waals surface area (Å²) in [4.78, 5) is 15.9. The third-order valence-electron chi connectivity index (χ3n) is 4.10. The number of hydrogen-bond acceptors (Lipinski definition) is 5. The molecule has 1 aliphatic heterocycles. The van der Waals surface area contributed by atoms with Gasteiger partial charge in [0, 0.05) is 11.7 Å². The summed E-state index contributed by atoms with van der Waals surface area (Å²) in [5.74, 6) is -0.521. The Kier molecular flexibility index (Phi) is 3.61. The molecule has 1 fully saturated rings. The summed E-state index contributed by atoms with van der Waals surface area (Å²) in [6, 6.07) is 1.44. The van der Waals surface area contributed by atoms with Crippen LogP contribution in [0.5, 0.6) is 0 Å². The lowest BCUT2D eigenvalue weighted by atomic mass is 9.94. The molecular weight excluding hydrogens is 292 g/mol. The lowest BCUT2D eigenvalue weighted by Crippen LogP contribution is -2.24. The third-order valence-corrected chi connectivity index (χ3v) is 5.87. The van der Waals surface area contributed by atoms with Crippen LogP contribution in [0.15, 0.2) is 6.07 Å². The third kappa shape index (κ3) is 3.02. The average molecular weight is 310 g/mol. The fourth-order valence-electron chi connectivity index (χ4n) is 3.01. The van der Waals surface area contributed by atoms with Gasteiger partial charge in [-0.3, -0.25) is 0 Å². The van der Waals surface area contributed by atoms with Crippen LogP contribution in [0.25, 0.3) is 0 Å². The van der Waals surface area contributed by atoms with Crippen molar-refractivity contribution in [3.05, 3.63) is 22.9 Å². The van der Waals surface area contributed by atoms with Crippen molar-refractivity contribution in [2.45, 2.75) is 38.1 Å². The predicted octanol–water partition coefficient (Wildman–Crippen LogP) is 1.26. The number of aromatic nitrogens is 1. The van der Waals surface area contributed by atoms with Crippen molar-refractivity contribution in [2.24, 2.45) is 0 Å². The van der Waals surface area contributed by atoms with Gasteiger partial charge in [-0.1, -0.05) is 0 Å². The second kappa shape index (κ2) is 5.29. The number of carbonyl (C=O) groups is 1. The second-order valence-electron chi connectivity index (χ2n) is 5.75. The Hall–Kier alpha value is -1.63. The number of anilines is 1. The van der Waals surface area contributed by atoms with Gasteiger partial charge >= 0.3 is 5.97 Å². The highest BCUT2D eigenvalue weighted by atomic mass is 32.2.